The molecule has 24 heavy (non-hydrogen) atoms. The molecule has 1 heterocycles. The van der Waals surface area contributed by atoms with Gasteiger partial charge in [0, 0.05) is 25.4 Å². The van der Waals surface area contributed by atoms with E-state index in [1.165, 1.54) is 18.4 Å². The molecule has 1 saturated carbocycles. The van der Waals surface area contributed by atoms with Gasteiger partial charge in [0.15, 0.2) is 5.17 Å². The first-order valence-corrected chi connectivity index (χ1v) is 9.29. The van der Waals surface area contributed by atoms with Crippen molar-refractivity contribution in [3.8, 4) is 0 Å². The van der Waals surface area contributed by atoms with E-state index in [4.69, 9.17) is 4.99 Å². The summed E-state index contributed by atoms with van der Waals surface area (Å²) in [5.41, 5.74) is 2.26. The SMILES string of the molecule is CC(=O)N(c1ccc(C(C)C)cc1)C1CSC(=NC2CC2)N1C.Cl. The molecular formula is C18H26ClN3OS. The molecular weight excluding hydrogens is 342 g/mol. The van der Waals surface area contributed by atoms with E-state index in [1.54, 1.807) is 18.7 Å². The van der Waals surface area contributed by atoms with E-state index >= 15 is 0 Å². The van der Waals surface area contributed by atoms with E-state index in [0.29, 0.717) is 12.0 Å². The van der Waals surface area contributed by atoms with E-state index in [1.807, 2.05) is 11.9 Å². The van der Waals surface area contributed by atoms with E-state index in [-0.39, 0.29) is 24.5 Å². The highest BCUT2D eigenvalue weighted by Gasteiger charge is 2.35. The lowest BCUT2D eigenvalue weighted by molar-refractivity contribution is -0.117. The van der Waals surface area contributed by atoms with Gasteiger partial charge in [-0.3, -0.25) is 14.7 Å². The van der Waals surface area contributed by atoms with Crippen molar-refractivity contribution in [2.45, 2.75) is 51.7 Å². The molecule has 2 aliphatic rings. The van der Waals surface area contributed by atoms with Crippen LogP contribution in [0.4, 0.5) is 5.69 Å². The molecule has 0 N–H and O–H groups in total. The largest absolute Gasteiger partial charge is 0.333 e. The molecule has 1 saturated heterocycles. The topological polar surface area (TPSA) is 35.9 Å². The number of amidine groups is 1. The number of nitrogens with zero attached hydrogens (tertiary/aromatic N) is 3. The van der Waals surface area contributed by atoms with Gasteiger partial charge in [0.05, 0.1) is 6.04 Å². The average molecular weight is 368 g/mol. The lowest BCUT2D eigenvalue weighted by Gasteiger charge is -2.33. The minimum atomic E-state index is 0. The second-order valence-electron chi connectivity index (χ2n) is 6.68. The Morgan fingerprint density at radius 2 is 1.92 bits per heavy atom. The fraction of sp³-hybridized carbons (Fsp3) is 0.556. The number of thioether (sulfide) groups is 1. The Morgan fingerprint density at radius 1 is 1.29 bits per heavy atom. The molecule has 4 nitrogen and oxygen atoms in total. The maximum atomic E-state index is 12.3. The van der Waals surface area contributed by atoms with Crippen LogP contribution < -0.4 is 4.90 Å². The van der Waals surface area contributed by atoms with Crippen LogP contribution in [-0.4, -0.2) is 41.0 Å². The fourth-order valence-electron chi connectivity index (χ4n) is 2.81. The highest BCUT2D eigenvalue weighted by atomic mass is 35.5. The Kier molecular flexibility index (Phi) is 6.21. The summed E-state index contributed by atoms with van der Waals surface area (Å²) in [5.74, 6) is 1.44. The standard InChI is InChI=1S/C18H25N3OS.ClH/c1-12(2)14-5-9-16(10-6-14)21(13(3)22)17-11-23-18(20(17)4)19-15-7-8-15;/h5-6,9-10,12,15,17H,7-8,11H2,1-4H3;1H. The van der Waals surface area contributed by atoms with Gasteiger partial charge >= 0.3 is 0 Å². The van der Waals surface area contributed by atoms with E-state index < -0.39 is 0 Å². The maximum absolute atomic E-state index is 12.3. The van der Waals surface area contributed by atoms with Gasteiger partial charge in [0.1, 0.15) is 6.17 Å². The summed E-state index contributed by atoms with van der Waals surface area (Å²) in [7, 11) is 2.05. The molecule has 1 aliphatic heterocycles. The molecule has 1 atom stereocenters. The molecule has 1 unspecified atom stereocenters. The first kappa shape index (κ1) is 19.1. The van der Waals surface area contributed by atoms with Crippen molar-refractivity contribution in [3.05, 3.63) is 29.8 Å². The quantitative estimate of drug-likeness (QED) is 0.803. The van der Waals surface area contributed by atoms with Gasteiger partial charge in [0.25, 0.3) is 0 Å². The highest BCUT2D eigenvalue weighted by molar-refractivity contribution is 8.14. The second kappa shape index (κ2) is 7.79. The lowest BCUT2D eigenvalue weighted by atomic mass is 10.0. The lowest BCUT2D eigenvalue weighted by Crippen LogP contribution is -2.48. The molecule has 0 spiro atoms. The van der Waals surface area contributed by atoms with Crippen LogP contribution in [-0.2, 0) is 4.79 Å². The number of amides is 1. The zero-order chi connectivity index (χ0) is 16.6. The maximum Gasteiger partial charge on any atom is 0.225 e. The molecule has 2 fully saturated rings. The molecule has 132 valence electrons. The first-order chi connectivity index (χ1) is 11.0. The van der Waals surface area contributed by atoms with Crippen molar-refractivity contribution >= 4 is 40.9 Å². The van der Waals surface area contributed by atoms with E-state index in [0.717, 1.165) is 16.6 Å². The van der Waals surface area contributed by atoms with Crippen molar-refractivity contribution in [3.63, 3.8) is 0 Å². The smallest absolute Gasteiger partial charge is 0.225 e. The number of halogens is 1. The predicted molar refractivity (Wildman–Crippen MR) is 105 cm³/mol. The zero-order valence-corrected chi connectivity index (χ0v) is 16.4. The van der Waals surface area contributed by atoms with Gasteiger partial charge in [-0.05, 0) is 36.5 Å². The molecule has 1 amide bonds. The van der Waals surface area contributed by atoms with Gasteiger partial charge in [-0.15, -0.1) is 12.4 Å². The number of carbonyl (C=O) groups excluding carboxylic acids is 1. The molecule has 1 aromatic carbocycles. The number of carbonyl (C=O) groups is 1. The van der Waals surface area contributed by atoms with E-state index in [9.17, 15) is 4.79 Å². The third-order valence-corrected chi connectivity index (χ3v) is 5.54. The number of benzene rings is 1. The van der Waals surface area contributed by atoms with Crippen LogP contribution in [0.2, 0.25) is 0 Å². The van der Waals surface area contributed by atoms with Crippen molar-refractivity contribution in [2.24, 2.45) is 4.99 Å². The van der Waals surface area contributed by atoms with Crippen molar-refractivity contribution in [1.82, 2.24) is 4.90 Å². The molecule has 1 aromatic rings. The van der Waals surface area contributed by atoms with Gasteiger partial charge in [-0.1, -0.05) is 37.7 Å². The summed E-state index contributed by atoms with van der Waals surface area (Å²) < 4.78 is 0. The number of hydrogen-bond acceptors (Lipinski definition) is 3. The van der Waals surface area contributed by atoms with Gasteiger partial charge in [-0.25, -0.2) is 0 Å². The van der Waals surface area contributed by atoms with Crippen LogP contribution in [0.15, 0.2) is 29.3 Å². The summed E-state index contributed by atoms with van der Waals surface area (Å²) in [6.07, 6.45) is 2.45. The Morgan fingerprint density at radius 3 is 2.42 bits per heavy atom. The third-order valence-electron chi connectivity index (χ3n) is 4.43. The Balaban J connectivity index is 0.00000208. The number of hydrogen-bond donors (Lipinski definition) is 0. The predicted octanol–water partition coefficient (Wildman–Crippen LogP) is 4.11. The number of rotatable bonds is 4. The summed E-state index contributed by atoms with van der Waals surface area (Å²) >= 11 is 1.76. The van der Waals surface area contributed by atoms with Crippen LogP contribution in [0.1, 0.15) is 45.1 Å². The second-order valence-corrected chi connectivity index (χ2v) is 7.67. The molecule has 0 aromatic heterocycles. The van der Waals surface area contributed by atoms with Crippen LogP contribution in [0.25, 0.3) is 0 Å². The Hall–Kier alpha value is -1.20. The van der Waals surface area contributed by atoms with Crippen LogP contribution in [0.3, 0.4) is 0 Å². The summed E-state index contributed by atoms with van der Waals surface area (Å²) in [4.78, 5) is 21.1. The van der Waals surface area contributed by atoms with Crippen LogP contribution >= 0.6 is 24.2 Å². The molecule has 1 aliphatic carbocycles. The Bertz CT molecular complexity index is 613. The number of anilines is 1. The van der Waals surface area contributed by atoms with Crippen LogP contribution in [0.5, 0.6) is 0 Å². The summed E-state index contributed by atoms with van der Waals surface area (Å²) in [5, 5.41) is 1.07. The fourth-order valence-corrected chi connectivity index (χ4v) is 4.03. The number of aliphatic imine (C=N–C) groups is 1. The normalized spacial score (nSPS) is 22.0. The first-order valence-electron chi connectivity index (χ1n) is 8.30. The van der Waals surface area contributed by atoms with Gasteiger partial charge in [0.2, 0.25) is 5.91 Å². The third kappa shape index (κ3) is 4.06. The molecule has 0 bridgehead atoms. The molecule has 0 radical (unpaired) electrons. The van der Waals surface area contributed by atoms with Gasteiger partial charge in [-0.2, -0.15) is 0 Å². The summed E-state index contributed by atoms with van der Waals surface area (Å²) in [6.45, 7) is 6.00. The van der Waals surface area contributed by atoms with Crippen LogP contribution in [0, 0.1) is 0 Å². The van der Waals surface area contributed by atoms with Crippen molar-refractivity contribution in [1.29, 1.82) is 0 Å². The average Bonchev–Trinajstić information content (AvgIpc) is 3.26. The highest BCUT2D eigenvalue weighted by Crippen LogP contribution is 2.32. The monoisotopic (exact) mass is 367 g/mol. The minimum absolute atomic E-state index is 0. The van der Waals surface area contributed by atoms with Gasteiger partial charge < -0.3 is 4.90 Å². The minimum Gasteiger partial charge on any atom is -0.333 e. The molecule has 6 heteroatoms. The van der Waals surface area contributed by atoms with E-state index in [2.05, 4.69) is 43.0 Å². The molecule has 3 rings (SSSR count). The Labute approximate surface area is 155 Å². The van der Waals surface area contributed by atoms with Crippen molar-refractivity contribution < 1.29 is 4.79 Å². The van der Waals surface area contributed by atoms with Crippen molar-refractivity contribution in [2.75, 3.05) is 17.7 Å². The summed E-state index contributed by atoms with van der Waals surface area (Å²) in [6, 6.07) is 8.88. The zero-order valence-electron chi connectivity index (χ0n) is 14.7.